The van der Waals surface area contributed by atoms with Gasteiger partial charge in [-0.15, -0.1) is 0 Å². The van der Waals surface area contributed by atoms with Gasteiger partial charge in [-0.2, -0.15) is 0 Å². The van der Waals surface area contributed by atoms with Crippen LogP contribution in [0.4, 0.5) is 18.9 Å². The van der Waals surface area contributed by atoms with E-state index in [-0.39, 0.29) is 17.1 Å². The summed E-state index contributed by atoms with van der Waals surface area (Å²) in [6.45, 7) is 1.81. The predicted octanol–water partition coefficient (Wildman–Crippen LogP) is 4.02. The second-order valence-electron chi connectivity index (χ2n) is 4.06. The average molecular weight is 251 g/mol. The second-order valence-corrected chi connectivity index (χ2v) is 4.06. The number of nitrogens with one attached hydrogen (secondary N) is 1. The van der Waals surface area contributed by atoms with Crippen LogP contribution < -0.4 is 5.32 Å². The molecule has 2 aromatic rings. The molecule has 0 atom stereocenters. The molecule has 2 aromatic carbocycles. The van der Waals surface area contributed by atoms with E-state index in [1.165, 1.54) is 19.1 Å². The summed E-state index contributed by atoms with van der Waals surface area (Å²) in [6, 6.07) is 8.08. The maximum absolute atomic E-state index is 13.5. The quantitative estimate of drug-likeness (QED) is 0.868. The van der Waals surface area contributed by atoms with E-state index in [1.54, 1.807) is 12.1 Å². The van der Waals surface area contributed by atoms with Gasteiger partial charge in [-0.25, -0.2) is 13.2 Å². The van der Waals surface area contributed by atoms with Gasteiger partial charge >= 0.3 is 0 Å². The molecule has 0 fully saturated rings. The lowest BCUT2D eigenvalue weighted by Crippen LogP contribution is -2.02. The molecule has 0 aliphatic rings. The molecule has 0 amide bonds. The summed E-state index contributed by atoms with van der Waals surface area (Å²) in [6.07, 6.45) is 0. The van der Waals surface area contributed by atoms with Crippen LogP contribution in [0.3, 0.4) is 0 Å². The van der Waals surface area contributed by atoms with Gasteiger partial charge in [0.25, 0.3) is 0 Å². The number of rotatable bonds is 3. The second kappa shape index (κ2) is 5.12. The van der Waals surface area contributed by atoms with E-state index >= 15 is 0 Å². The number of aryl methyl sites for hydroxylation is 1. The monoisotopic (exact) mass is 251 g/mol. The van der Waals surface area contributed by atoms with Crippen LogP contribution in [0.5, 0.6) is 0 Å². The van der Waals surface area contributed by atoms with Gasteiger partial charge in [0.05, 0.1) is 5.69 Å². The zero-order valence-corrected chi connectivity index (χ0v) is 9.81. The van der Waals surface area contributed by atoms with Crippen LogP contribution in [-0.2, 0) is 6.54 Å². The highest BCUT2D eigenvalue weighted by Crippen LogP contribution is 2.19. The number of halogens is 3. The molecule has 0 radical (unpaired) electrons. The van der Waals surface area contributed by atoms with Crippen LogP contribution in [0.1, 0.15) is 11.1 Å². The molecule has 18 heavy (non-hydrogen) atoms. The first-order valence-electron chi connectivity index (χ1n) is 5.50. The molecule has 0 aromatic heterocycles. The van der Waals surface area contributed by atoms with Crippen molar-refractivity contribution in [1.82, 2.24) is 0 Å². The third kappa shape index (κ3) is 2.83. The largest absolute Gasteiger partial charge is 0.379 e. The lowest BCUT2D eigenvalue weighted by molar-refractivity contribution is 0.594. The van der Waals surface area contributed by atoms with Gasteiger partial charge in [-0.05, 0) is 36.2 Å². The average Bonchev–Trinajstić information content (AvgIpc) is 2.34. The summed E-state index contributed by atoms with van der Waals surface area (Å²) in [5.74, 6) is -1.29. The minimum atomic E-state index is -0.504. The Hall–Kier alpha value is -1.97. The van der Waals surface area contributed by atoms with Crippen LogP contribution in [-0.4, -0.2) is 0 Å². The molecule has 0 bridgehead atoms. The fourth-order valence-electron chi connectivity index (χ4n) is 1.58. The van der Waals surface area contributed by atoms with Crippen molar-refractivity contribution in [1.29, 1.82) is 0 Å². The molecule has 0 heterocycles. The van der Waals surface area contributed by atoms with Crippen molar-refractivity contribution in [2.45, 2.75) is 13.5 Å². The fraction of sp³-hybridized carbons (Fsp3) is 0.143. The molecule has 0 saturated heterocycles. The van der Waals surface area contributed by atoms with Crippen LogP contribution in [0.15, 0.2) is 36.4 Å². The molecule has 0 aliphatic carbocycles. The van der Waals surface area contributed by atoms with Gasteiger partial charge in [-0.3, -0.25) is 0 Å². The molecule has 1 N–H and O–H groups in total. The highest BCUT2D eigenvalue weighted by atomic mass is 19.1. The van der Waals surface area contributed by atoms with Crippen molar-refractivity contribution in [2.75, 3.05) is 5.32 Å². The summed E-state index contributed by atoms with van der Waals surface area (Å²) in [7, 11) is 0. The number of hydrogen-bond donors (Lipinski definition) is 1. The topological polar surface area (TPSA) is 12.0 Å². The first kappa shape index (κ1) is 12.5. The van der Waals surface area contributed by atoms with Gasteiger partial charge in [0.1, 0.15) is 17.5 Å². The maximum Gasteiger partial charge on any atom is 0.146 e. The molecule has 0 saturated carbocycles. The molecular formula is C14H12F3N. The van der Waals surface area contributed by atoms with Gasteiger partial charge < -0.3 is 5.32 Å². The summed E-state index contributed by atoms with van der Waals surface area (Å²) in [4.78, 5) is 0. The molecule has 2 rings (SSSR count). The van der Waals surface area contributed by atoms with Crippen molar-refractivity contribution < 1.29 is 13.2 Å². The maximum atomic E-state index is 13.5. The molecule has 0 unspecified atom stereocenters. The van der Waals surface area contributed by atoms with Crippen molar-refractivity contribution in [3.05, 3.63) is 65.0 Å². The standard InChI is InChI=1S/C14H12F3N/c1-9-6-13(17)14(7-12(9)16)18-8-10-2-4-11(15)5-3-10/h2-7,18H,8H2,1H3. The van der Waals surface area contributed by atoms with Crippen LogP contribution in [0.2, 0.25) is 0 Å². The molecule has 1 nitrogen and oxygen atoms in total. The molecule has 94 valence electrons. The Bertz CT molecular complexity index is 550. The Labute approximate surface area is 103 Å². The molecule has 0 aliphatic heterocycles. The Morgan fingerprint density at radius 3 is 2.28 bits per heavy atom. The van der Waals surface area contributed by atoms with E-state index in [9.17, 15) is 13.2 Å². The van der Waals surface area contributed by atoms with Crippen LogP contribution >= 0.6 is 0 Å². The lowest BCUT2D eigenvalue weighted by atomic mass is 10.2. The van der Waals surface area contributed by atoms with E-state index in [4.69, 9.17) is 0 Å². The van der Waals surface area contributed by atoms with Gasteiger partial charge in [0, 0.05) is 12.6 Å². The highest BCUT2D eigenvalue weighted by molar-refractivity contribution is 5.47. The van der Waals surface area contributed by atoms with Gasteiger partial charge in [0.2, 0.25) is 0 Å². The van der Waals surface area contributed by atoms with Crippen molar-refractivity contribution in [2.24, 2.45) is 0 Å². The highest BCUT2D eigenvalue weighted by Gasteiger charge is 2.06. The lowest BCUT2D eigenvalue weighted by Gasteiger charge is -2.09. The van der Waals surface area contributed by atoms with Crippen molar-refractivity contribution in [3.63, 3.8) is 0 Å². The summed E-state index contributed by atoms with van der Waals surface area (Å²) >= 11 is 0. The number of anilines is 1. The van der Waals surface area contributed by atoms with E-state index in [0.717, 1.165) is 17.7 Å². The van der Waals surface area contributed by atoms with Crippen LogP contribution in [0.25, 0.3) is 0 Å². The first-order valence-corrected chi connectivity index (χ1v) is 5.50. The van der Waals surface area contributed by atoms with Crippen LogP contribution in [0, 0.1) is 24.4 Å². The summed E-state index contributed by atoms with van der Waals surface area (Å²) < 4.78 is 39.5. The van der Waals surface area contributed by atoms with Gasteiger partial charge in [0.15, 0.2) is 0 Å². The summed E-state index contributed by atoms with van der Waals surface area (Å²) in [5, 5.41) is 2.78. The van der Waals surface area contributed by atoms with Crippen molar-refractivity contribution in [3.8, 4) is 0 Å². The predicted molar refractivity (Wildman–Crippen MR) is 64.8 cm³/mol. The molecular weight excluding hydrogens is 239 g/mol. The Balaban J connectivity index is 2.10. The summed E-state index contributed by atoms with van der Waals surface area (Å²) in [5.41, 5.74) is 1.15. The molecule has 4 heteroatoms. The normalized spacial score (nSPS) is 10.4. The van der Waals surface area contributed by atoms with E-state index in [2.05, 4.69) is 5.32 Å². The zero-order valence-electron chi connectivity index (χ0n) is 9.81. The van der Waals surface area contributed by atoms with E-state index < -0.39 is 11.6 Å². The third-order valence-corrected chi connectivity index (χ3v) is 2.64. The number of hydrogen-bond acceptors (Lipinski definition) is 1. The Kier molecular flexibility index (Phi) is 3.55. The number of benzene rings is 2. The Morgan fingerprint density at radius 2 is 1.61 bits per heavy atom. The fourth-order valence-corrected chi connectivity index (χ4v) is 1.58. The minimum absolute atomic E-state index is 0.0995. The van der Waals surface area contributed by atoms with E-state index in [0.29, 0.717) is 6.54 Å². The van der Waals surface area contributed by atoms with Crippen molar-refractivity contribution >= 4 is 5.69 Å². The Morgan fingerprint density at radius 1 is 0.944 bits per heavy atom. The van der Waals surface area contributed by atoms with E-state index in [1.807, 2.05) is 0 Å². The zero-order chi connectivity index (χ0) is 13.1. The SMILES string of the molecule is Cc1cc(F)c(NCc2ccc(F)cc2)cc1F. The third-order valence-electron chi connectivity index (χ3n) is 2.64. The molecule has 0 spiro atoms. The first-order chi connectivity index (χ1) is 8.56. The minimum Gasteiger partial charge on any atom is -0.379 e. The van der Waals surface area contributed by atoms with Gasteiger partial charge in [-0.1, -0.05) is 12.1 Å². The smallest absolute Gasteiger partial charge is 0.146 e.